The predicted molar refractivity (Wildman–Crippen MR) is 160 cm³/mol. The van der Waals surface area contributed by atoms with E-state index in [0.29, 0.717) is 30.7 Å². The Morgan fingerprint density at radius 2 is 1.87 bits per heavy atom. The number of nitrogens with one attached hydrogen (secondary N) is 1. The van der Waals surface area contributed by atoms with E-state index in [1.165, 1.54) is 56.6 Å². The lowest BCUT2D eigenvalue weighted by molar-refractivity contribution is -0.385. The first kappa shape index (κ1) is 32.2. The molecule has 1 saturated heterocycles. The molecule has 0 unspecified atom stereocenters. The molecule has 1 aliphatic rings. The molecule has 15 heteroatoms. The number of benzene rings is 3. The summed E-state index contributed by atoms with van der Waals surface area (Å²) in [4.78, 5) is 22.1. The summed E-state index contributed by atoms with van der Waals surface area (Å²) < 4.78 is 56.5. The highest BCUT2D eigenvalue weighted by atomic mass is 35.5. The molecule has 0 spiro atoms. The summed E-state index contributed by atoms with van der Waals surface area (Å²) in [6.45, 7) is 6.54. The number of rotatable bonds is 10. The Morgan fingerprint density at radius 1 is 1.11 bits per heavy atom. The zero-order chi connectivity index (χ0) is 32.4. The molecular weight excluding hydrogens is 619 g/mol. The minimum Gasteiger partial charge on any atom is -0.485 e. The van der Waals surface area contributed by atoms with Crippen molar-refractivity contribution < 1.29 is 37.4 Å². The molecule has 1 fully saturated rings. The van der Waals surface area contributed by atoms with Gasteiger partial charge in [-0.3, -0.25) is 15.0 Å². The van der Waals surface area contributed by atoms with Gasteiger partial charge in [-0.1, -0.05) is 17.7 Å². The fourth-order valence-electron chi connectivity index (χ4n) is 4.77. The lowest BCUT2D eigenvalue weighted by Gasteiger charge is -2.26. The van der Waals surface area contributed by atoms with E-state index in [-0.39, 0.29) is 51.6 Å². The van der Waals surface area contributed by atoms with Gasteiger partial charge in [0.05, 0.1) is 45.2 Å². The van der Waals surface area contributed by atoms with Crippen LogP contribution in [0.1, 0.15) is 25.0 Å². The van der Waals surface area contributed by atoms with Crippen LogP contribution >= 0.6 is 11.6 Å². The Bertz CT molecular complexity index is 1710. The first-order valence-corrected chi connectivity index (χ1v) is 14.2. The van der Waals surface area contributed by atoms with Crippen molar-refractivity contribution in [2.24, 2.45) is 0 Å². The number of nitrogens with zero attached hydrogens (tertiary/aromatic N) is 4. The molecule has 4 aromatic rings. The highest BCUT2D eigenvalue weighted by molar-refractivity contribution is 6.32. The van der Waals surface area contributed by atoms with Crippen molar-refractivity contribution in [3.63, 3.8) is 0 Å². The van der Waals surface area contributed by atoms with Crippen LogP contribution in [-0.4, -0.2) is 64.4 Å². The van der Waals surface area contributed by atoms with Crippen LogP contribution in [0.25, 0.3) is 10.9 Å². The lowest BCUT2D eigenvalue weighted by atomic mass is 9.96. The SMILES string of the molecule is CC(C)(O)c1cc(Oc2cccc(C(F)(F)F)c2)c(Cl)cc1Nc1ncnc2cc(OCCN3CCOCC3)c([N+](=O)[O-])cc12. The zero-order valence-corrected chi connectivity index (χ0v) is 25.0. The van der Waals surface area contributed by atoms with Gasteiger partial charge < -0.3 is 24.6 Å². The molecule has 5 rings (SSSR count). The summed E-state index contributed by atoms with van der Waals surface area (Å²) in [6, 6.07) is 9.91. The Kier molecular flexibility index (Phi) is 9.30. The number of nitro groups is 1. The Balaban J connectivity index is 1.45. The number of nitro benzene ring substituents is 1. The number of aliphatic hydroxyl groups is 1. The molecule has 0 atom stereocenters. The number of hydrogen-bond donors (Lipinski definition) is 2. The molecule has 1 aromatic heterocycles. The van der Waals surface area contributed by atoms with Crippen molar-refractivity contribution in [2.45, 2.75) is 25.6 Å². The van der Waals surface area contributed by atoms with Crippen LogP contribution in [0.5, 0.6) is 17.2 Å². The maximum atomic E-state index is 13.2. The summed E-state index contributed by atoms with van der Waals surface area (Å²) in [5, 5.41) is 26.4. The van der Waals surface area contributed by atoms with Gasteiger partial charge in [0, 0.05) is 43.0 Å². The molecule has 45 heavy (non-hydrogen) atoms. The molecule has 238 valence electrons. The number of aromatic nitrogens is 2. The van der Waals surface area contributed by atoms with Gasteiger partial charge in [0.25, 0.3) is 0 Å². The number of hydrogen-bond acceptors (Lipinski definition) is 10. The van der Waals surface area contributed by atoms with Gasteiger partial charge in [-0.25, -0.2) is 9.97 Å². The van der Waals surface area contributed by atoms with Crippen molar-refractivity contribution in [2.75, 3.05) is 44.8 Å². The Hall–Kier alpha value is -4.24. The average molecular weight is 648 g/mol. The fourth-order valence-corrected chi connectivity index (χ4v) is 4.97. The van der Waals surface area contributed by atoms with Crippen LogP contribution < -0.4 is 14.8 Å². The first-order chi connectivity index (χ1) is 21.3. The van der Waals surface area contributed by atoms with E-state index in [1.54, 1.807) is 0 Å². The molecule has 0 radical (unpaired) electrons. The van der Waals surface area contributed by atoms with Crippen LogP contribution in [0.4, 0.5) is 30.4 Å². The maximum Gasteiger partial charge on any atom is 0.416 e. The molecule has 0 bridgehead atoms. The van der Waals surface area contributed by atoms with Crippen molar-refractivity contribution >= 4 is 39.7 Å². The second-order valence-electron chi connectivity index (χ2n) is 10.8. The third-order valence-electron chi connectivity index (χ3n) is 7.05. The first-order valence-electron chi connectivity index (χ1n) is 13.8. The normalized spacial score (nSPS) is 14.4. The Labute approximate surface area is 260 Å². The number of halogens is 4. The van der Waals surface area contributed by atoms with E-state index in [1.807, 2.05) is 0 Å². The topological polar surface area (TPSA) is 132 Å². The van der Waals surface area contributed by atoms with E-state index < -0.39 is 22.3 Å². The molecule has 0 saturated carbocycles. The molecule has 0 aliphatic carbocycles. The van der Waals surface area contributed by atoms with Crippen LogP contribution in [0.3, 0.4) is 0 Å². The van der Waals surface area contributed by atoms with Gasteiger partial charge in [-0.2, -0.15) is 13.2 Å². The fraction of sp³-hybridized carbons (Fsp3) is 0.333. The quantitative estimate of drug-likeness (QED) is 0.142. The highest BCUT2D eigenvalue weighted by Crippen LogP contribution is 2.42. The van der Waals surface area contributed by atoms with Gasteiger partial charge in [-0.05, 0) is 44.2 Å². The number of fused-ring (bicyclic) bond motifs is 1. The van der Waals surface area contributed by atoms with Crippen LogP contribution in [0.15, 0.2) is 54.9 Å². The van der Waals surface area contributed by atoms with Gasteiger partial charge in [0.2, 0.25) is 0 Å². The van der Waals surface area contributed by atoms with Gasteiger partial charge in [-0.15, -0.1) is 0 Å². The molecule has 2 N–H and O–H groups in total. The average Bonchev–Trinajstić information content (AvgIpc) is 2.98. The second kappa shape index (κ2) is 13.0. The number of anilines is 2. The van der Waals surface area contributed by atoms with Crippen LogP contribution in [-0.2, 0) is 16.5 Å². The minimum absolute atomic E-state index is 0.000666. The van der Waals surface area contributed by atoms with Crippen LogP contribution in [0.2, 0.25) is 5.02 Å². The van der Waals surface area contributed by atoms with Gasteiger partial charge in [0.15, 0.2) is 5.75 Å². The standard InChI is InChI=1S/C30H29ClF3N5O6/c1-29(2,40)21-14-26(45-19-5-3-4-18(12-19)30(32,33)34)22(31)15-24(21)37-28-20-13-25(39(41)42)27(16-23(20)35-17-36-28)44-11-8-38-6-9-43-10-7-38/h3-5,12-17,40H,6-11H2,1-2H3,(H,35,36,37). The predicted octanol–water partition coefficient (Wildman–Crippen LogP) is 6.68. The molecule has 1 aliphatic heterocycles. The molecular formula is C30H29ClF3N5O6. The summed E-state index contributed by atoms with van der Waals surface area (Å²) in [5.74, 6) is 0.129. The van der Waals surface area contributed by atoms with E-state index >= 15 is 0 Å². The van der Waals surface area contributed by atoms with E-state index in [0.717, 1.165) is 25.2 Å². The third-order valence-corrected chi connectivity index (χ3v) is 7.35. The Morgan fingerprint density at radius 3 is 2.56 bits per heavy atom. The largest absolute Gasteiger partial charge is 0.485 e. The van der Waals surface area contributed by atoms with Gasteiger partial charge >= 0.3 is 11.9 Å². The summed E-state index contributed by atoms with van der Waals surface area (Å²) in [6.07, 6.45) is -3.30. The summed E-state index contributed by atoms with van der Waals surface area (Å²) >= 11 is 6.49. The minimum atomic E-state index is -4.57. The smallest absolute Gasteiger partial charge is 0.416 e. The van der Waals surface area contributed by atoms with E-state index in [4.69, 9.17) is 25.8 Å². The second-order valence-corrected chi connectivity index (χ2v) is 11.2. The van der Waals surface area contributed by atoms with E-state index in [9.17, 15) is 28.4 Å². The highest BCUT2D eigenvalue weighted by Gasteiger charge is 2.31. The maximum absolute atomic E-state index is 13.2. The van der Waals surface area contributed by atoms with Crippen molar-refractivity contribution in [3.05, 3.63) is 81.1 Å². The number of morpholine rings is 1. The molecule has 0 amide bonds. The summed E-state index contributed by atoms with van der Waals surface area (Å²) in [7, 11) is 0. The third kappa shape index (κ3) is 7.71. The molecule has 3 aromatic carbocycles. The monoisotopic (exact) mass is 647 g/mol. The van der Waals surface area contributed by atoms with E-state index in [2.05, 4.69) is 20.2 Å². The van der Waals surface area contributed by atoms with Crippen molar-refractivity contribution in [3.8, 4) is 17.2 Å². The summed E-state index contributed by atoms with van der Waals surface area (Å²) in [5.41, 5.74) is -1.77. The van der Waals surface area contributed by atoms with Gasteiger partial charge in [0.1, 0.15) is 30.3 Å². The number of alkyl halides is 3. The molecule has 11 nitrogen and oxygen atoms in total. The zero-order valence-electron chi connectivity index (χ0n) is 24.2. The van der Waals surface area contributed by atoms with Crippen LogP contribution in [0, 0.1) is 10.1 Å². The number of ether oxygens (including phenoxy) is 3. The lowest BCUT2D eigenvalue weighted by Crippen LogP contribution is -2.38. The van der Waals surface area contributed by atoms with Crippen molar-refractivity contribution in [1.82, 2.24) is 14.9 Å². The molecule has 2 heterocycles. The van der Waals surface area contributed by atoms with Crippen molar-refractivity contribution in [1.29, 1.82) is 0 Å².